The van der Waals surface area contributed by atoms with Gasteiger partial charge in [-0.15, -0.1) is 11.3 Å². The number of imidazole rings is 1. The largest absolute Gasteiger partial charge is 0.323 e. The zero-order valence-electron chi connectivity index (χ0n) is 13.3. The molecule has 0 unspecified atom stereocenters. The third-order valence-corrected chi connectivity index (χ3v) is 5.91. The van der Waals surface area contributed by atoms with E-state index >= 15 is 0 Å². The number of rotatable bonds is 3. The third-order valence-electron chi connectivity index (χ3n) is 5.00. The highest BCUT2D eigenvalue weighted by molar-refractivity contribution is 7.18. The van der Waals surface area contributed by atoms with Crippen LogP contribution in [0.2, 0.25) is 0 Å². The minimum Gasteiger partial charge on any atom is -0.323 e. The summed E-state index contributed by atoms with van der Waals surface area (Å²) >= 11 is 1.69. The van der Waals surface area contributed by atoms with Gasteiger partial charge in [0.15, 0.2) is 0 Å². The van der Waals surface area contributed by atoms with Crippen molar-refractivity contribution in [3.05, 3.63) is 23.5 Å². The molecule has 0 N–H and O–H groups in total. The molecule has 1 aliphatic rings. The number of nitrogens with zero attached hydrogens (tertiary/aromatic N) is 5. The molecule has 120 valence electrons. The lowest BCUT2D eigenvalue weighted by Crippen LogP contribution is -2.19. The van der Waals surface area contributed by atoms with Crippen molar-refractivity contribution in [3.63, 3.8) is 0 Å². The summed E-state index contributed by atoms with van der Waals surface area (Å²) in [6.45, 7) is 0. The molecule has 3 aromatic rings. The van der Waals surface area contributed by atoms with Crippen LogP contribution < -0.4 is 0 Å². The van der Waals surface area contributed by atoms with Crippen molar-refractivity contribution in [2.24, 2.45) is 5.92 Å². The first-order valence-corrected chi connectivity index (χ1v) is 9.16. The molecule has 0 bridgehead atoms. The van der Waals surface area contributed by atoms with Gasteiger partial charge in [0.2, 0.25) is 0 Å². The molecule has 0 amide bonds. The average molecular weight is 335 g/mol. The normalized spacial score (nSPS) is 20.9. The average Bonchev–Trinajstić information content (AvgIpc) is 3.20. The van der Waals surface area contributed by atoms with Crippen molar-refractivity contribution in [3.8, 4) is 12.1 Å². The van der Waals surface area contributed by atoms with Crippen LogP contribution in [0, 0.1) is 28.6 Å². The SMILES string of the molecule is N#CCc1nc2cnc3ccsc3c2n1C1CCC(CC#N)CC1. The lowest BCUT2D eigenvalue weighted by molar-refractivity contribution is 0.278. The van der Waals surface area contributed by atoms with E-state index in [1.54, 1.807) is 11.3 Å². The predicted octanol–water partition coefficient (Wildman–Crippen LogP) is 4.36. The number of nitriles is 2. The van der Waals surface area contributed by atoms with E-state index in [0.29, 0.717) is 24.8 Å². The van der Waals surface area contributed by atoms with Gasteiger partial charge in [0.25, 0.3) is 0 Å². The van der Waals surface area contributed by atoms with Crippen LogP contribution >= 0.6 is 11.3 Å². The number of hydrogen-bond acceptors (Lipinski definition) is 5. The summed E-state index contributed by atoms with van der Waals surface area (Å²) in [6, 6.07) is 6.95. The van der Waals surface area contributed by atoms with Crippen molar-refractivity contribution in [2.45, 2.75) is 44.6 Å². The van der Waals surface area contributed by atoms with Gasteiger partial charge in [0.1, 0.15) is 11.3 Å². The molecular weight excluding hydrogens is 318 g/mol. The van der Waals surface area contributed by atoms with Crippen LogP contribution in [-0.4, -0.2) is 14.5 Å². The molecule has 0 aromatic carbocycles. The first-order chi connectivity index (χ1) is 11.8. The molecule has 5 nitrogen and oxygen atoms in total. The third kappa shape index (κ3) is 2.44. The molecule has 1 aliphatic carbocycles. The van der Waals surface area contributed by atoms with Crippen LogP contribution in [-0.2, 0) is 6.42 Å². The Bertz CT molecular complexity index is 963. The molecule has 0 radical (unpaired) electrons. The van der Waals surface area contributed by atoms with E-state index in [0.717, 1.165) is 52.8 Å². The molecule has 1 saturated carbocycles. The zero-order valence-corrected chi connectivity index (χ0v) is 14.1. The second-order valence-electron chi connectivity index (χ2n) is 6.40. The summed E-state index contributed by atoms with van der Waals surface area (Å²) in [7, 11) is 0. The van der Waals surface area contributed by atoms with Gasteiger partial charge in [-0.05, 0) is 43.0 Å². The molecule has 0 aliphatic heterocycles. The minimum atomic E-state index is 0.319. The van der Waals surface area contributed by atoms with Gasteiger partial charge in [0.05, 0.1) is 40.5 Å². The van der Waals surface area contributed by atoms with Crippen molar-refractivity contribution in [1.29, 1.82) is 10.5 Å². The van der Waals surface area contributed by atoms with Crippen LogP contribution in [0.4, 0.5) is 0 Å². The Morgan fingerprint density at radius 1 is 1.17 bits per heavy atom. The fourth-order valence-electron chi connectivity index (χ4n) is 3.85. The Hall–Kier alpha value is -2.44. The Balaban J connectivity index is 1.81. The van der Waals surface area contributed by atoms with E-state index < -0.39 is 0 Å². The molecule has 0 spiro atoms. The maximum absolute atomic E-state index is 9.20. The summed E-state index contributed by atoms with van der Waals surface area (Å²) < 4.78 is 3.45. The molecule has 24 heavy (non-hydrogen) atoms. The van der Waals surface area contributed by atoms with E-state index in [9.17, 15) is 5.26 Å². The minimum absolute atomic E-state index is 0.319. The number of pyridine rings is 1. The fraction of sp³-hybridized carbons (Fsp3) is 0.444. The van der Waals surface area contributed by atoms with Gasteiger partial charge in [0, 0.05) is 12.5 Å². The summed E-state index contributed by atoms with van der Waals surface area (Å²) in [5.41, 5.74) is 3.01. The standard InChI is InChI=1S/C18H17N5S/c19-8-5-12-1-3-13(4-2-12)23-16(6-9-20)22-15-11-21-14-7-10-24-18(14)17(15)23/h7,10-13H,1-6H2. The molecule has 1 fully saturated rings. The van der Waals surface area contributed by atoms with E-state index in [-0.39, 0.29) is 0 Å². The Morgan fingerprint density at radius 2 is 2.00 bits per heavy atom. The smallest absolute Gasteiger partial charge is 0.124 e. The number of fused-ring (bicyclic) bond motifs is 3. The Kier molecular flexibility index (Phi) is 3.92. The predicted molar refractivity (Wildman–Crippen MR) is 93.5 cm³/mol. The van der Waals surface area contributed by atoms with Crippen LogP contribution in [0.15, 0.2) is 17.6 Å². The molecular formula is C18H17N5S. The lowest BCUT2D eigenvalue weighted by atomic mass is 9.84. The topological polar surface area (TPSA) is 78.3 Å². The number of aromatic nitrogens is 3. The summed E-state index contributed by atoms with van der Waals surface area (Å²) in [4.78, 5) is 9.18. The first kappa shape index (κ1) is 15.1. The molecule has 3 heterocycles. The highest BCUT2D eigenvalue weighted by Gasteiger charge is 2.26. The second kappa shape index (κ2) is 6.22. The zero-order chi connectivity index (χ0) is 16.5. The highest BCUT2D eigenvalue weighted by Crippen LogP contribution is 2.38. The second-order valence-corrected chi connectivity index (χ2v) is 7.31. The number of thiophene rings is 1. The van der Waals surface area contributed by atoms with Crippen LogP contribution in [0.5, 0.6) is 0 Å². The van der Waals surface area contributed by atoms with Crippen molar-refractivity contribution < 1.29 is 0 Å². The highest BCUT2D eigenvalue weighted by atomic mass is 32.1. The van der Waals surface area contributed by atoms with Gasteiger partial charge >= 0.3 is 0 Å². The van der Waals surface area contributed by atoms with Gasteiger partial charge in [-0.2, -0.15) is 10.5 Å². The van der Waals surface area contributed by atoms with Gasteiger partial charge < -0.3 is 4.57 Å². The maximum atomic E-state index is 9.20. The Morgan fingerprint density at radius 3 is 2.75 bits per heavy atom. The molecule has 0 saturated heterocycles. The molecule has 4 rings (SSSR count). The van der Waals surface area contributed by atoms with E-state index in [1.807, 2.05) is 12.3 Å². The quantitative estimate of drug-likeness (QED) is 0.712. The first-order valence-electron chi connectivity index (χ1n) is 8.28. The van der Waals surface area contributed by atoms with E-state index in [1.165, 1.54) is 0 Å². The molecule has 6 heteroatoms. The van der Waals surface area contributed by atoms with E-state index in [4.69, 9.17) is 10.2 Å². The fourth-order valence-corrected chi connectivity index (χ4v) is 4.74. The Labute approximate surface area is 144 Å². The van der Waals surface area contributed by atoms with Crippen LogP contribution in [0.25, 0.3) is 21.3 Å². The molecule has 0 atom stereocenters. The van der Waals surface area contributed by atoms with Crippen molar-refractivity contribution >= 4 is 32.6 Å². The summed E-state index contributed by atoms with van der Waals surface area (Å²) in [5, 5.41) is 20.2. The van der Waals surface area contributed by atoms with Crippen molar-refractivity contribution in [1.82, 2.24) is 14.5 Å². The summed E-state index contributed by atoms with van der Waals surface area (Å²) in [6.07, 6.45) is 7.03. The van der Waals surface area contributed by atoms with E-state index in [2.05, 4.69) is 27.1 Å². The molecule has 3 aromatic heterocycles. The monoisotopic (exact) mass is 335 g/mol. The lowest BCUT2D eigenvalue weighted by Gasteiger charge is -2.29. The van der Waals surface area contributed by atoms with Crippen LogP contribution in [0.3, 0.4) is 0 Å². The van der Waals surface area contributed by atoms with Gasteiger partial charge in [-0.1, -0.05) is 0 Å². The van der Waals surface area contributed by atoms with Crippen molar-refractivity contribution in [2.75, 3.05) is 0 Å². The van der Waals surface area contributed by atoms with Crippen LogP contribution in [0.1, 0.15) is 44.0 Å². The van der Waals surface area contributed by atoms with Gasteiger partial charge in [-0.25, -0.2) is 4.98 Å². The number of hydrogen-bond donors (Lipinski definition) is 0. The summed E-state index contributed by atoms with van der Waals surface area (Å²) in [5.74, 6) is 1.36. The van der Waals surface area contributed by atoms with Gasteiger partial charge in [-0.3, -0.25) is 4.98 Å². The maximum Gasteiger partial charge on any atom is 0.124 e.